The van der Waals surface area contributed by atoms with Crippen molar-refractivity contribution >= 4 is 21.6 Å². The van der Waals surface area contributed by atoms with Crippen molar-refractivity contribution in [3.8, 4) is 0 Å². The third-order valence-corrected chi connectivity index (χ3v) is 8.11. The molecule has 1 N–H and O–H groups in total. The van der Waals surface area contributed by atoms with Gasteiger partial charge in [0.05, 0.1) is 23.4 Å². The molecule has 2 aliphatic heterocycles. The lowest BCUT2D eigenvalue weighted by Gasteiger charge is -2.42. The highest BCUT2D eigenvalue weighted by Crippen LogP contribution is 2.38. The summed E-state index contributed by atoms with van der Waals surface area (Å²) in [5, 5.41) is 4.09. The van der Waals surface area contributed by atoms with Crippen molar-refractivity contribution in [1.82, 2.24) is 23.5 Å². The van der Waals surface area contributed by atoms with Gasteiger partial charge in [-0.15, -0.1) is 0 Å². The number of nitrogens with one attached hydrogen (secondary N) is 1. The van der Waals surface area contributed by atoms with Gasteiger partial charge in [0.2, 0.25) is 0 Å². The lowest BCUT2D eigenvalue weighted by atomic mass is 10.0. The van der Waals surface area contributed by atoms with Crippen molar-refractivity contribution < 1.29 is 22.0 Å². The molecule has 2 atom stereocenters. The zero-order valence-electron chi connectivity index (χ0n) is 18.4. The van der Waals surface area contributed by atoms with Gasteiger partial charge in [-0.05, 0) is 62.4 Å². The van der Waals surface area contributed by atoms with E-state index in [0.717, 1.165) is 25.0 Å². The van der Waals surface area contributed by atoms with Gasteiger partial charge in [0.25, 0.3) is 5.91 Å². The Morgan fingerprint density at radius 3 is 2.76 bits per heavy atom. The standard InChI is InChI=1S/C23H25F2N5O3S/c24-16-9-10-19(25)17(14-16)20-7-5-11-28(20)22-8-2-4-13-30(22)34(32,33)27-23(31)18-15-26-29-12-3-1-6-21(18)29/h1,3,6,9-10,12,14-15,20,22H,2,4-5,7-8,11,13H2,(H,27,31)/t20-,22-/m1/s1. The third kappa shape index (κ3) is 4.19. The fourth-order valence-electron chi connectivity index (χ4n) is 5.09. The van der Waals surface area contributed by atoms with Crippen molar-refractivity contribution in [3.63, 3.8) is 0 Å². The first kappa shape index (κ1) is 22.9. The monoisotopic (exact) mass is 489 g/mol. The maximum atomic E-state index is 14.6. The molecule has 3 aromatic rings. The van der Waals surface area contributed by atoms with E-state index in [9.17, 15) is 22.0 Å². The van der Waals surface area contributed by atoms with Crippen LogP contribution in [0.5, 0.6) is 0 Å². The van der Waals surface area contributed by atoms with Gasteiger partial charge >= 0.3 is 10.2 Å². The number of fused-ring (bicyclic) bond motifs is 1. The normalized spacial score (nSPS) is 22.3. The first-order valence-corrected chi connectivity index (χ1v) is 12.8. The SMILES string of the molecule is O=C(NS(=O)(=O)N1CCCC[C@@H]1N1CCC[C@@H]1c1cc(F)ccc1F)c1cnn2ccccc12. The zero-order valence-corrected chi connectivity index (χ0v) is 19.2. The molecule has 0 saturated carbocycles. The van der Waals surface area contributed by atoms with Crippen LogP contribution in [-0.2, 0) is 10.2 Å². The second-order valence-electron chi connectivity index (χ2n) is 8.67. The van der Waals surface area contributed by atoms with Crippen molar-refractivity contribution in [3.05, 3.63) is 71.6 Å². The maximum absolute atomic E-state index is 14.6. The predicted octanol–water partition coefficient (Wildman–Crippen LogP) is 3.24. The molecule has 8 nitrogen and oxygen atoms in total. The number of amides is 1. The number of hydrogen-bond donors (Lipinski definition) is 1. The highest BCUT2D eigenvalue weighted by Gasteiger charge is 2.42. The molecule has 34 heavy (non-hydrogen) atoms. The molecular formula is C23H25F2N5O3S. The number of pyridine rings is 1. The van der Waals surface area contributed by atoms with Crippen LogP contribution < -0.4 is 4.72 Å². The van der Waals surface area contributed by atoms with E-state index in [2.05, 4.69) is 9.82 Å². The number of halogens is 2. The van der Waals surface area contributed by atoms with Crippen LogP contribution >= 0.6 is 0 Å². The molecule has 2 fully saturated rings. The van der Waals surface area contributed by atoms with Crippen LogP contribution in [0.25, 0.3) is 5.52 Å². The molecule has 0 bridgehead atoms. The lowest BCUT2D eigenvalue weighted by molar-refractivity contribution is 0.0568. The van der Waals surface area contributed by atoms with Crippen LogP contribution in [0.1, 0.15) is 54.1 Å². The van der Waals surface area contributed by atoms with E-state index in [0.29, 0.717) is 31.3 Å². The summed E-state index contributed by atoms with van der Waals surface area (Å²) in [6.07, 6.45) is 5.76. The van der Waals surface area contributed by atoms with Crippen LogP contribution in [0.4, 0.5) is 8.78 Å². The van der Waals surface area contributed by atoms with Crippen molar-refractivity contribution in [1.29, 1.82) is 0 Å². The van der Waals surface area contributed by atoms with Crippen LogP contribution in [0.3, 0.4) is 0 Å². The molecular weight excluding hydrogens is 464 g/mol. The van der Waals surface area contributed by atoms with Crippen molar-refractivity contribution in [2.24, 2.45) is 0 Å². The van der Waals surface area contributed by atoms with Crippen LogP contribution in [0.2, 0.25) is 0 Å². The zero-order chi connectivity index (χ0) is 23.9. The molecule has 180 valence electrons. The lowest BCUT2D eigenvalue weighted by Crippen LogP contribution is -2.56. The Labute approximate surface area is 196 Å². The van der Waals surface area contributed by atoms with Gasteiger partial charge in [0.15, 0.2) is 0 Å². The molecule has 2 aromatic heterocycles. The van der Waals surface area contributed by atoms with E-state index in [1.807, 2.05) is 4.90 Å². The number of nitrogens with zero attached hydrogens (tertiary/aromatic N) is 4. The molecule has 0 unspecified atom stereocenters. The van der Waals surface area contributed by atoms with Gasteiger partial charge in [0.1, 0.15) is 11.6 Å². The Bertz CT molecular complexity index is 1330. The Morgan fingerprint density at radius 1 is 1.06 bits per heavy atom. The topological polar surface area (TPSA) is 87.0 Å². The number of rotatable bonds is 5. The minimum atomic E-state index is -4.20. The number of carbonyl (C=O) groups is 1. The number of aromatic nitrogens is 2. The molecule has 2 saturated heterocycles. The number of likely N-dealkylation sites (tertiary alicyclic amines) is 1. The number of carbonyl (C=O) groups excluding carboxylic acids is 1. The minimum absolute atomic E-state index is 0.151. The van der Waals surface area contributed by atoms with E-state index in [1.165, 1.54) is 21.1 Å². The second-order valence-corrected chi connectivity index (χ2v) is 10.3. The highest BCUT2D eigenvalue weighted by molar-refractivity contribution is 7.87. The van der Waals surface area contributed by atoms with E-state index >= 15 is 0 Å². The first-order chi connectivity index (χ1) is 16.3. The van der Waals surface area contributed by atoms with Gasteiger partial charge in [-0.3, -0.25) is 9.69 Å². The van der Waals surface area contributed by atoms with E-state index < -0.39 is 40.0 Å². The summed E-state index contributed by atoms with van der Waals surface area (Å²) >= 11 is 0. The molecule has 5 rings (SSSR count). The number of piperidine rings is 1. The summed E-state index contributed by atoms with van der Waals surface area (Å²) < 4.78 is 60.1. The number of benzene rings is 1. The van der Waals surface area contributed by atoms with Crippen LogP contribution in [-0.4, -0.2) is 52.4 Å². The van der Waals surface area contributed by atoms with E-state index in [-0.39, 0.29) is 17.7 Å². The Balaban J connectivity index is 1.41. The molecule has 4 heterocycles. The molecule has 2 aliphatic rings. The minimum Gasteiger partial charge on any atom is -0.280 e. The largest absolute Gasteiger partial charge is 0.305 e. The quantitative estimate of drug-likeness (QED) is 0.595. The molecule has 1 amide bonds. The van der Waals surface area contributed by atoms with Gasteiger partial charge in [-0.1, -0.05) is 6.07 Å². The first-order valence-electron chi connectivity index (χ1n) is 11.3. The van der Waals surface area contributed by atoms with Gasteiger partial charge in [-0.2, -0.15) is 17.8 Å². The fourth-order valence-corrected chi connectivity index (χ4v) is 6.47. The molecule has 11 heteroatoms. The van der Waals surface area contributed by atoms with E-state index in [1.54, 1.807) is 24.4 Å². The van der Waals surface area contributed by atoms with Crippen molar-refractivity contribution in [2.45, 2.75) is 44.3 Å². The predicted molar refractivity (Wildman–Crippen MR) is 121 cm³/mol. The van der Waals surface area contributed by atoms with Gasteiger partial charge in [0, 0.05) is 30.9 Å². The van der Waals surface area contributed by atoms with Crippen LogP contribution in [0.15, 0.2) is 48.8 Å². The Morgan fingerprint density at radius 2 is 1.91 bits per heavy atom. The fraction of sp³-hybridized carbons (Fsp3) is 0.391. The molecule has 1 aromatic carbocycles. The smallest absolute Gasteiger partial charge is 0.280 e. The van der Waals surface area contributed by atoms with Gasteiger partial charge in [-0.25, -0.2) is 18.0 Å². The number of hydrogen-bond acceptors (Lipinski definition) is 5. The van der Waals surface area contributed by atoms with Crippen molar-refractivity contribution in [2.75, 3.05) is 13.1 Å². The second kappa shape index (κ2) is 9.05. The van der Waals surface area contributed by atoms with Crippen LogP contribution in [0, 0.1) is 11.6 Å². The molecule has 0 aliphatic carbocycles. The molecule has 0 radical (unpaired) electrons. The Hall–Kier alpha value is -2.89. The average molecular weight is 490 g/mol. The summed E-state index contributed by atoms with van der Waals surface area (Å²) in [7, 11) is -4.20. The summed E-state index contributed by atoms with van der Waals surface area (Å²) in [5.41, 5.74) is 0.876. The summed E-state index contributed by atoms with van der Waals surface area (Å²) in [4.78, 5) is 14.8. The highest BCUT2D eigenvalue weighted by atomic mass is 32.2. The Kier molecular flexibility index (Phi) is 6.09. The molecule has 0 spiro atoms. The third-order valence-electron chi connectivity index (χ3n) is 6.62. The van der Waals surface area contributed by atoms with Gasteiger partial charge < -0.3 is 0 Å². The average Bonchev–Trinajstić information content (AvgIpc) is 3.48. The summed E-state index contributed by atoms with van der Waals surface area (Å²) in [6.45, 7) is 0.788. The summed E-state index contributed by atoms with van der Waals surface area (Å²) in [6, 6.07) is 8.10. The maximum Gasteiger partial charge on any atom is 0.305 e. The van der Waals surface area contributed by atoms with E-state index in [4.69, 9.17) is 0 Å². The summed E-state index contributed by atoms with van der Waals surface area (Å²) in [5.74, 6) is -1.80.